The fourth-order valence-electron chi connectivity index (χ4n) is 2.16. The quantitative estimate of drug-likeness (QED) is 0.627. The van der Waals surface area contributed by atoms with Crippen molar-refractivity contribution in [1.29, 1.82) is 0 Å². The molecular weight excluding hydrogens is 336 g/mol. The van der Waals surface area contributed by atoms with Gasteiger partial charge in [0.2, 0.25) is 0 Å². The Labute approximate surface area is 134 Å². The van der Waals surface area contributed by atoms with Gasteiger partial charge in [-0.25, -0.2) is 0 Å². The van der Waals surface area contributed by atoms with E-state index in [-0.39, 0.29) is 4.83 Å². The number of aryl methyl sites for hydroxylation is 2. The standard InChI is InChI=1S/C17H18BrClO/c1-4-20-16-8-5-11(2)9-14(16)17(18)13-6-7-15(19)12(3)10-13/h5-10,17H,4H2,1-3H3. The summed E-state index contributed by atoms with van der Waals surface area (Å²) in [5, 5.41) is 0.794. The second kappa shape index (κ2) is 6.64. The molecule has 2 aromatic carbocycles. The summed E-state index contributed by atoms with van der Waals surface area (Å²) >= 11 is 9.88. The SMILES string of the molecule is CCOc1ccc(C)cc1C(Br)c1ccc(Cl)c(C)c1. The maximum absolute atomic E-state index is 6.10. The molecule has 0 amide bonds. The number of alkyl halides is 1. The van der Waals surface area contributed by atoms with Crippen molar-refractivity contribution < 1.29 is 4.74 Å². The van der Waals surface area contributed by atoms with E-state index in [9.17, 15) is 0 Å². The minimum atomic E-state index is 0.0971. The highest BCUT2D eigenvalue weighted by atomic mass is 79.9. The fourth-order valence-corrected chi connectivity index (χ4v) is 2.92. The number of hydrogen-bond donors (Lipinski definition) is 0. The second-order valence-corrected chi connectivity index (χ2v) is 6.17. The van der Waals surface area contributed by atoms with E-state index in [2.05, 4.69) is 41.1 Å². The molecular formula is C17H18BrClO. The Kier molecular flexibility index (Phi) is 5.11. The lowest BCUT2D eigenvalue weighted by atomic mass is 10.0. The highest BCUT2D eigenvalue weighted by Gasteiger charge is 2.16. The van der Waals surface area contributed by atoms with Crippen molar-refractivity contribution >= 4 is 27.5 Å². The zero-order valence-electron chi connectivity index (χ0n) is 11.9. The van der Waals surface area contributed by atoms with Crippen molar-refractivity contribution in [3.05, 3.63) is 63.7 Å². The van der Waals surface area contributed by atoms with Gasteiger partial charge in [0.1, 0.15) is 5.75 Å². The largest absolute Gasteiger partial charge is 0.494 e. The van der Waals surface area contributed by atoms with Gasteiger partial charge in [-0.2, -0.15) is 0 Å². The highest BCUT2D eigenvalue weighted by Crippen LogP contribution is 2.38. The molecule has 1 atom stereocenters. The lowest BCUT2D eigenvalue weighted by Crippen LogP contribution is -2.01. The summed E-state index contributed by atoms with van der Waals surface area (Å²) in [7, 11) is 0. The van der Waals surface area contributed by atoms with Gasteiger partial charge in [-0.05, 0) is 44.0 Å². The highest BCUT2D eigenvalue weighted by molar-refractivity contribution is 9.09. The van der Waals surface area contributed by atoms with Crippen molar-refractivity contribution in [2.75, 3.05) is 6.61 Å². The first-order chi connectivity index (χ1) is 9.52. The molecule has 0 bridgehead atoms. The molecule has 20 heavy (non-hydrogen) atoms. The first-order valence-corrected chi connectivity index (χ1v) is 7.95. The Bertz CT molecular complexity index is 610. The maximum atomic E-state index is 6.10. The lowest BCUT2D eigenvalue weighted by Gasteiger charge is -2.17. The summed E-state index contributed by atoms with van der Waals surface area (Å²) in [6.07, 6.45) is 0. The van der Waals surface area contributed by atoms with Crippen LogP contribution in [0.4, 0.5) is 0 Å². The van der Waals surface area contributed by atoms with Gasteiger partial charge in [-0.3, -0.25) is 0 Å². The van der Waals surface area contributed by atoms with Crippen LogP contribution in [0.5, 0.6) is 5.75 Å². The average molecular weight is 354 g/mol. The number of halogens is 2. The first kappa shape index (κ1) is 15.4. The van der Waals surface area contributed by atoms with Gasteiger partial charge in [0, 0.05) is 10.6 Å². The zero-order valence-corrected chi connectivity index (χ0v) is 14.3. The predicted octanol–water partition coefficient (Wildman–Crippen LogP) is 5.84. The van der Waals surface area contributed by atoms with E-state index in [1.807, 2.05) is 32.0 Å². The number of benzene rings is 2. The van der Waals surface area contributed by atoms with E-state index in [1.165, 1.54) is 11.1 Å². The van der Waals surface area contributed by atoms with Crippen LogP contribution in [-0.2, 0) is 0 Å². The van der Waals surface area contributed by atoms with Crippen LogP contribution in [-0.4, -0.2) is 6.61 Å². The Morgan fingerprint density at radius 1 is 1.15 bits per heavy atom. The summed E-state index contributed by atoms with van der Waals surface area (Å²) in [6, 6.07) is 12.4. The Hall–Kier alpha value is -0.990. The van der Waals surface area contributed by atoms with E-state index < -0.39 is 0 Å². The predicted molar refractivity (Wildman–Crippen MR) is 89.3 cm³/mol. The molecule has 0 radical (unpaired) electrons. The van der Waals surface area contributed by atoms with Crippen LogP contribution < -0.4 is 4.74 Å². The topological polar surface area (TPSA) is 9.23 Å². The molecule has 0 N–H and O–H groups in total. The van der Waals surface area contributed by atoms with E-state index in [0.29, 0.717) is 6.61 Å². The van der Waals surface area contributed by atoms with E-state index in [0.717, 1.165) is 21.9 Å². The van der Waals surface area contributed by atoms with Crippen LogP contribution in [0.2, 0.25) is 5.02 Å². The van der Waals surface area contributed by atoms with Gasteiger partial charge in [0.25, 0.3) is 0 Å². The minimum Gasteiger partial charge on any atom is -0.494 e. The van der Waals surface area contributed by atoms with Gasteiger partial charge in [-0.1, -0.05) is 57.4 Å². The normalized spacial score (nSPS) is 12.2. The molecule has 0 saturated carbocycles. The van der Waals surface area contributed by atoms with E-state index in [4.69, 9.17) is 16.3 Å². The number of rotatable bonds is 4. The molecule has 106 valence electrons. The molecule has 0 saturated heterocycles. The second-order valence-electron chi connectivity index (χ2n) is 4.85. The Morgan fingerprint density at radius 2 is 1.90 bits per heavy atom. The van der Waals surface area contributed by atoms with Crippen LogP contribution in [0.3, 0.4) is 0 Å². The van der Waals surface area contributed by atoms with Crippen molar-refractivity contribution in [3.63, 3.8) is 0 Å². The molecule has 1 unspecified atom stereocenters. The molecule has 0 heterocycles. The Balaban J connectivity index is 2.43. The summed E-state index contributed by atoms with van der Waals surface area (Å²) in [4.78, 5) is 0.0971. The molecule has 0 aliphatic carbocycles. The molecule has 0 aromatic heterocycles. The van der Waals surface area contributed by atoms with E-state index in [1.54, 1.807) is 0 Å². The summed E-state index contributed by atoms with van der Waals surface area (Å²) in [6.45, 7) is 6.77. The van der Waals surface area contributed by atoms with Gasteiger partial charge in [0.05, 0.1) is 11.4 Å². The molecule has 2 rings (SSSR count). The fraction of sp³-hybridized carbons (Fsp3) is 0.294. The monoisotopic (exact) mass is 352 g/mol. The molecule has 0 aliphatic heterocycles. The summed E-state index contributed by atoms with van der Waals surface area (Å²) in [5.74, 6) is 0.924. The zero-order chi connectivity index (χ0) is 14.7. The van der Waals surface area contributed by atoms with Gasteiger partial charge >= 0.3 is 0 Å². The lowest BCUT2D eigenvalue weighted by molar-refractivity contribution is 0.337. The van der Waals surface area contributed by atoms with Gasteiger partial charge in [-0.15, -0.1) is 0 Å². The van der Waals surface area contributed by atoms with Crippen molar-refractivity contribution in [3.8, 4) is 5.75 Å². The smallest absolute Gasteiger partial charge is 0.123 e. The third-order valence-electron chi connectivity index (χ3n) is 3.21. The summed E-state index contributed by atoms with van der Waals surface area (Å²) < 4.78 is 5.73. The average Bonchev–Trinajstić information content (AvgIpc) is 2.43. The molecule has 1 nitrogen and oxygen atoms in total. The van der Waals surface area contributed by atoms with Crippen molar-refractivity contribution in [2.45, 2.75) is 25.6 Å². The van der Waals surface area contributed by atoms with Gasteiger partial charge in [0.15, 0.2) is 0 Å². The van der Waals surface area contributed by atoms with E-state index >= 15 is 0 Å². The Morgan fingerprint density at radius 3 is 2.55 bits per heavy atom. The molecule has 0 fully saturated rings. The first-order valence-electron chi connectivity index (χ1n) is 6.66. The van der Waals surface area contributed by atoms with Crippen LogP contribution in [0.25, 0.3) is 0 Å². The number of hydrogen-bond acceptors (Lipinski definition) is 1. The minimum absolute atomic E-state index is 0.0971. The van der Waals surface area contributed by atoms with Crippen LogP contribution in [0, 0.1) is 13.8 Å². The van der Waals surface area contributed by atoms with Gasteiger partial charge < -0.3 is 4.74 Å². The van der Waals surface area contributed by atoms with Crippen molar-refractivity contribution in [2.24, 2.45) is 0 Å². The third kappa shape index (κ3) is 3.36. The van der Waals surface area contributed by atoms with Crippen LogP contribution in [0.15, 0.2) is 36.4 Å². The maximum Gasteiger partial charge on any atom is 0.123 e. The van der Waals surface area contributed by atoms with Crippen LogP contribution in [0.1, 0.15) is 34.0 Å². The third-order valence-corrected chi connectivity index (χ3v) is 4.66. The molecule has 0 aliphatic rings. The number of ether oxygens (including phenoxy) is 1. The molecule has 3 heteroatoms. The van der Waals surface area contributed by atoms with Crippen molar-refractivity contribution in [1.82, 2.24) is 0 Å². The molecule has 0 spiro atoms. The summed E-state index contributed by atoms with van der Waals surface area (Å²) in [5.41, 5.74) is 4.63. The molecule has 2 aromatic rings. The van der Waals surface area contributed by atoms with Crippen LogP contribution >= 0.6 is 27.5 Å².